The lowest BCUT2D eigenvalue weighted by atomic mass is 9.86. The number of benzene rings is 2. The number of methoxy groups -OCH3 is 1. The van der Waals surface area contributed by atoms with Gasteiger partial charge in [-0.3, -0.25) is 0 Å². The molecule has 0 bridgehead atoms. The van der Waals surface area contributed by atoms with Crippen molar-refractivity contribution in [1.29, 1.82) is 0 Å². The zero-order chi connectivity index (χ0) is 16.3. The number of fused-ring (bicyclic) bond motifs is 1. The Labute approximate surface area is 137 Å². The molecule has 1 saturated heterocycles. The summed E-state index contributed by atoms with van der Waals surface area (Å²) >= 11 is 0. The third-order valence-corrected chi connectivity index (χ3v) is 4.76. The highest BCUT2D eigenvalue weighted by atomic mass is 16.5. The van der Waals surface area contributed by atoms with Gasteiger partial charge < -0.3 is 19.9 Å². The summed E-state index contributed by atoms with van der Waals surface area (Å²) in [4.78, 5) is 0. The van der Waals surface area contributed by atoms with Crippen molar-refractivity contribution in [3.05, 3.63) is 42.0 Å². The smallest absolute Gasteiger partial charge is 0.119 e. The van der Waals surface area contributed by atoms with E-state index in [0.717, 1.165) is 18.7 Å². The van der Waals surface area contributed by atoms with E-state index in [1.165, 1.54) is 16.3 Å². The van der Waals surface area contributed by atoms with Gasteiger partial charge in [-0.15, -0.1) is 0 Å². The Bertz CT molecular complexity index is 661. The average Bonchev–Trinajstić information content (AvgIpc) is 2.56. The van der Waals surface area contributed by atoms with Crippen molar-refractivity contribution in [2.24, 2.45) is 5.41 Å². The fourth-order valence-electron chi connectivity index (χ4n) is 3.06. The van der Waals surface area contributed by atoms with Gasteiger partial charge in [-0.25, -0.2) is 0 Å². The van der Waals surface area contributed by atoms with Gasteiger partial charge in [0.2, 0.25) is 0 Å². The molecular formula is C19H25NO3. The van der Waals surface area contributed by atoms with Crippen LogP contribution in [0.5, 0.6) is 5.75 Å². The number of nitrogens with one attached hydrogen (secondary N) is 1. The van der Waals surface area contributed by atoms with E-state index in [1.54, 1.807) is 7.11 Å². The van der Waals surface area contributed by atoms with Gasteiger partial charge in [0, 0.05) is 12.6 Å². The van der Waals surface area contributed by atoms with Gasteiger partial charge in [0.25, 0.3) is 0 Å². The molecule has 1 aliphatic heterocycles. The molecule has 23 heavy (non-hydrogen) atoms. The minimum absolute atomic E-state index is 0.0996. The number of aliphatic hydroxyl groups excluding tert-OH is 1. The summed E-state index contributed by atoms with van der Waals surface area (Å²) in [5, 5.41) is 15.6. The summed E-state index contributed by atoms with van der Waals surface area (Å²) in [6, 6.07) is 13.0. The molecule has 0 saturated carbocycles. The quantitative estimate of drug-likeness (QED) is 0.825. The summed E-state index contributed by atoms with van der Waals surface area (Å²) in [5.41, 5.74) is 1.18. The van der Waals surface area contributed by atoms with Crippen LogP contribution in [0.15, 0.2) is 36.4 Å². The highest BCUT2D eigenvalue weighted by Crippen LogP contribution is 2.29. The van der Waals surface area contributed by atoms with Crippen molar-refractivity contribution in [1.82, 2.24) is 5.32 Å². The first kappa shape index (κ1) is 16.2. The molecular weight excluding hydrogens is 290 g/mol. The summed E-state index contributed by atoms with van der Waals surface area (Å²) in [5.74, 6) is 0.880. The lowest BCUT2D eigenvalue weighted by Crippen LogP contribution is -2.52. The number of hydrogen-bond acceptors (Lipinski definition) is 4. The van der Waals surface area contributed by atoms with Crippen LogP contribution in [0.1, 0.15) is 24.9 Å². The third kappa shape index (κ3) is 3.34. The van der Waals surface area contributed by atoms with Crippen LogP contribution in [0.2, 0.25) is 0 Å². The molecule has 2 N–H and O–H groups in total. The lowest BCUT2D eigenvalue weighted by Gasteiger charge is -2.41. The van der Waals surface area contributed by atoms with Gasteiger partial charge >= 0.3 is 0 Å². The molecule has 2 aromatic rings. The van der Waals surface area contributed by atoms with E-state index in [2.05, 4.69) is 42.6 Å². The van der Waals surface area contributed by atoms with Gasteiger partial charge in [0.05, 0.1) is 32.3 Å². The summed E-state index contributed by atoms with van der Waals surface area (Å²) in [6.07, 6.45) is 1.00. The molecule has 1 fully saturated rings. The largest absolute Gasteiger partial charge is 0.497 e. The molecule has 0 aromatic heterocycles. The van der Waals surface area contributed by atoms with Gasteiger partial charge in [0.15, 0.2) is 0 Å². The van der Waals surface area contributed by atoms with Crippen molar-refractivity contribution >= 4 is 10.8 Å². The van der Waals surface area contributed by atoms with Crippen LogP contribution in [0.4, 0.5) is 0 Å². The molecule has 1 heterocycles. The van der Waals surface area contributed by atoms with Crippen LogP contribution < -0.4 is 10.1 Å². The highest BCUT2D eigenvalue weighted by molar-refractivity contribution is 5.84. The van der Waals surface area contributed by atoms with Gasteiger partial charge in [0.1, 0.15) is 5.75 Å². The first-order chi connectivity index (χ1) is 11.2. The molecule has 2 aromatic carbocycles. The Morgan fingerprint density at radius 2 is 1.96 bits per heavy atom. The van der Waals surface area contributed by atoms with Crippen LogP contribution in [0, 0.1) is 5.41 Å². The first-order valence-electron chi connectivity index (χ1n) is 8.19. The average molecular weight is 315 g/mol. The van der Waals surface area contributed by atoms with Crippen molar-refractivity contribution in [2.75, 3.05) is 33.5 Å². The second kappa shape index (κ2) is 6.87. The maximum atomic E-state index is 9.55. The maximum Gasteiger partial charge on any atom is 0.119 e. The Balaban J connectivity index is 1.76. The van der Waals surface area contributed by atoms with Gasteiger partial charge in [-0.2, -0.15) is 0 Å². The second-order valence-corrected chi connectivity index (χ2v) is 6.47. The van der Waals surface area contributed by atoms with E-state index in [-0.39, 0.29) is 18.1 Å². The number of ether oxygens (including phenoxy) is 2. The lowest BCUT2D eigenvalue weighted by molar-refractivity contribution is -0.135. The van der Waals surface area contributed by atoms with E-state index < -0.39 is 0 Å². The molecule has 1 unspecified atom stereocenters. The minimum atomic E-state index is -0.0996. The predicted octanol–water partition coefficient (Wildman–Crippen LogP) is 2.90. The molecule has 4 nitrogen and oxygen atoms in total. The van der Waals surface area contributed by atoms with E-state index >= 15 is 0 Å². The molecule has 124 valence electrons. The molecule has 3 rings (SSSR count). The highest BCUT2D eigenvalue weighted by Gasteiger charge is 2.38. The molecule has 0 radical (unpaired) electrons. The van der Waals surface area contributed by atoms with E-state index in [1.807, 2.05) is 6.07 Å². The fourth-order valence-corrected chi connectivity index (χ4v) is 3.06. The fraction of sp³-hybridized carbons (Fsp3) is 0.474. The van der Waals surface area contributed by atoms with Crippen molar-refractivity contribution in [3.63, 3.8) is 0 Å². The molecule has 1 aliphatic rings. The van der Waals surface area contributed by atoms with Crippen LogP contribution in [-0.2, 0) is 4.74 Å². The van der Waals surface area contributed by atoms with Crippen LogP contribution >= 0.6 is 0 Å². The van der Waals surface area contributed by atoms with Crippen LogP contribution in [0.25, 0.3) is 10.8 Å². The minimum Gasteiger partial charge on any atom is -0.497 e. The Kier molecular flexibility index (Phi) is 4.85. The summed E-state index contributed by atoms with van der Waals surface area (Å²) in [7, 11) is 1.69. The number of aliphatic hydroxyl groups is 1. The first-order valence-corrected chi connectivity index (χ1v) is 8.19. The monoisotopic (exact) mass is 315 g/mol. The second-order valence-electron chi connectivity index (χ2n) is 6.47. The van der Waals surface area contributed by atoms with E-state index in [9.17, 15) is 5.11 Å². The van der Waals surface area contributed by atoms with Crippen molar-refractivity contribution in [2.45, 2.75) is 19.4 Å². The van der Waals surface area contributed by atoms with Gasteiger partial charge in [-0.05, 0) is 41.0 Å². The molecule has 4 heteroatoms. The Morgan fingerprint density at radius 3 is 2.57 bits per heavy atom. The Morgan fingerprint density at radius 1 is 1.22 bits per heavy atom. The molecule has 0 amide bonds. The summed E-state index contributed by atoms with van der Waals surface area (Å²) < 4.78 is 10.5. The van der Waals surface area contributed by atoms with Crippen LogP contribution in [-0.4, -0.2) is 38.6 Å². The SMILES string of the molecule is CCC(NCC1(CO)COC1)c1ccc2cc(OC)ccc2c1. The molecule has 1 atom stereocenters. The van der Waals surface area contributed by atoms with Crippen LogP contribution in [0.3, 0.4) is 0 Å². The standard InChI is InChI=1S/C19H25NO3/c1-3-18(20-10-19(11-21)12-23-13-19)16-5-4-15-9-17(22-2)7-6-14(15)8-16/h4-9,18,20-21H,3,10-13H2,1-2H3. The van der Waals surface area contributed by atoms with Crippen molar-refractivity contribution < 1.29 is 14.6 Å². The predicted molar refractivity (Wildman–Crippen MR) is 91.9 cm³/mol. The summed E-state index contributed by atoms with van der Waals surface area (Å²) in [6.45, 7) is 4.42. The zero-order valence-electron chi connectivity index (χ0n) is 13.8. The third-order valence-electron chi connectivity index (χ3n) is 4.76. The molecule has 0 aliphatic carbocycles. The van der Waals surface area contributed by atoms with E-state index in [4.69, 9.17) is 9.47 Å². The molecule has 0 spiro atoms. The number of hydrogen-bond donors (Lipinski definition) is 2. The number of rotatable bonds is 7. The van der Waals surface area contributed by atoms with Crippen molar-refractivity contribution in [3.8, 4) is 5.75 Å². The topological polar surface area (TPSA) is 50.7 Å². The van der Waals surface area contributed by atoms with Gasteiger partial charge in [-0.1, -0.05) is 25.1 Å². The van der Waals surface area contributed by atoms with E-state index in [0.29, 0.717) is 13.2 Å². The normalized spacial score (nSPS) is 17.7. The maximum absolute atomic E-state index is 9.55. The Hall–Kier alpha value is -1.62. The zero-order valence-corrected chi connectivity index (χ0v) is 13.8.